The van der Waals surface area contributed by atoms with Crippen molar-refractivity contribution in [2.24, 2.45) is 0 Å². The fourth-order valence-electron chi connectivity index (χ4n) is 3.25. The molecule has 1 heterocycles. The van der Waals surface area contributed by atoms with Crippen molar-refractivity contribution < 1.29 is 44.7 Å². The van der Waals surface area contributed by atoms with Gasteiger partial charge in [0.1, 0.15) is 6.04 Å². The van der Waals surface area contributed by atoms with Crippen molar-refractivity contribution in [3.63, 3.8) is 0 Å². The van der Waals surface area contributed by atoms with Crippen molar-refractivity contribution in [2.45, 2.75) is 48.9 Å². The zero-order chi connectivity index (χ0) is 19.4. The van der Waals surface area contributed by atoms with Crippen LogP contribution in [0.4, 0.5) is 0 Å². The summed E-state index contributed by atoms with van der Waals surface area (Å²) in [5.41, 5.74) is 0. The van der Waals surface area contributed by atoms with Crippen LogP contribution in [0.1, 0.15) is 6.42 Å². The van der Waals surface area contributed by atoms with Crippen molar-refractivity contribution >= 4 is 17.9 Å². The van der Waals surface area contributed by atoms with E-state index in [0.717, 1.165) is 0 Å². The molecular formula is C14H23N3O9. The van der Waals surface area contributed by atoms with Gasteiger partial charge in [0.25, 0.3) is 0 Å². The summed E-state index contributed by atoms with van der Waals surface area (Å²) >= 11 is 0. The lowest BCUT2D eigenvalue weighted by Gasteiger charge is -2.47. The predicted molar refractivity (Wildman–Crippen MR) is 83.2 cm³/mol. The number of carbonyl (C=O) groups is 3. The Hall–Kier alpha value is -1.83. The Kier molecular flexibility index (Phi) is 6.86. The molecule has 0 aromatic carbocycles. The van der Waals surface area contributed by atoms with Crippen LogP contribution >= 0.6 is 0 Å². The van der Waals surface area contributed by atoms with Crippen molar-refractivity contribution in [3.05, 3.63) is 0 Å². The third-order valence-electron chi connectivity index (χ3n) is 4.51. The topological polar surface area (TPSA) is 198 Å². The van der Waals surface area contributed by atoms with Crippen LogP contribution < -0.4 is 16.0 Å². The monoisotopic (exact) mass is 377 g/mol. The summed E-state index contributed by atoms with van der Waals surface area (Å²) < 4.78 is 4.81. The Balaban J connectivity index is 2.18. The number of rotatable bonds is 8. The molecular weight excluding hydrogens is 354 g/mol. The molecule has 148 valence electrons. The third kappa shape index (κ3) is 4.66. The summed E-state index contributed by atoms with van der Waals surface area (Å²) in [7, 11) is 0. The van der Waals surface area contributed by atoms with E-state index in [1.54, 1.807) is 0 Å². The van der Waals surface area contributed by atoms with Gasteiger partial charge in [-0.25, -0.2) is 0 Å². The number of carboxylic acid groups (broad SMARTS) is 2. The SMILES string of the molecule is O=C(O)CN[C@@H]1C(O)[C@H](NCC(=O)O)[C@H](O)C(NC2CCOC2=O)[C@@H]1O. The second-order valence-corrected chi connectivity index (χ2v) is 6.27. The van der Waals surface area contributed by atoms with Crippen LogP contribution in [0.5, 0.6) is 0 Å². The van der Waals surface area contributed by atoms with Gasteiger partial charge in [0.15, 0.2) is 0 Å². The van der Waals surface area contributed by atoms with E-state index in [1.165, 1.54) is 0 Å². The lowest BCUT2D eigenvalue weighted by atomic mass is 9.79. The number of hydrogen-bond donors (Lipinski definition) is 8. The van der Waals surface area contributed by atoms with Gasteiger partial charge in [0.05, 0.1) is 56.1 Å². The molecule has 1 saturated heterocycles. The molecule has 8 N–H and O–H groups in total. The summed E-state index contributed by atoms with van der Waals surface area (Å²) in [4.78, 5) is 33.2. The molecule has 0 amide bonds. The Morgan fingerprint density at radius 2 is 1.38 bits per heavy atom. The summed E-state index contributed by atoms with van der Waals surface area (Å²) in [5.74, 6) is -3.01. The maximum atomic E-state index is 11.6. The summed E-state index contributed by atoms with van der Waals surface area (Å²) in [5, 5.41) is 56.7. The van der Waals surface area contributed by atoms with E-state index < -0.39 is 73.5 Å². The molecule has 1 aliphatic heterocycles. The van der Waals surface area contributed by atoms with E-state index in [-0.39, 0.29) is 6.61 Å². The molecule has 7 atom stereocenters. The second kappa shape index (κ2) is 8.70. The van der Waals surface area contributed by atoms with E-state index in [2.05, 4.69) is 16.0 Å². The van der Waals surface area contributed by atoms with Gasteiger partial charge in [-0.15, -0.1) is 0 Å². The minimum absolute atomic E-state index is 0.180. The van der Waals surface area contributed by atoms with Crippen LogP contribution in [0.25, 0.3) is 0 Å². The van der Waals surface area contributed by atoms with Gasteiger partial charge in [-0.1, -0.05) is 0 Å². The van der Waals surface area contributed by atoms with Crippen molar-refractivity contribution in [2.75, 3.05) is 19.7 Å². The molecule has 3 unspecified atom stereocenters. The summed E-state index contributed by atoms with van der Waals surface area (Å²) in [6.07, 6.45) is -4.06. The largest absolute Gasteiger partial charge is 0.480 e. The van der Waals surface area contributed by atoms with E-state index in [4.69, 9.17) is 14.9 Å². The Bertz CT molecular complexity index is 514. The van der Waals surface area contributed by atoms with E-state index in [0.29, 0.717) is 6.42 Å². The van der Waals surface area contributed by atoms with E-state index in [9.17, 15) is 29.7 Å². The Morgan fingerprint density at radius 1 is 0.923 bits per heavy atom. The van der Waals surface area contributed by atoms with Gasteiger partial charge >= 0.3 is 17.9 Å². The summed E-state index contributed by atoms with van der Waals surface area (Å²) in [6.45, 7) is -0.961. The van der Waals surface area contributed by atoms with Gasteiger partial charge in [0.2, 0.25) is 0 Å². The number of cyclic esters (lactones) is 1. The molecule has 2 fully saturated rings. The lowest BCUT2D eigenvalue weighted by molar-refractivity contribution is -0.141. The molecule has 1 aliphatic carbocycles. The number of esters is 1. The van der Waals surface area contributed by atoms with Crippen LogP contribution in [0.15, 0.2) is 0 Å². The Labute approximate surface area is 148 Å². The highest BCUT2D eigenvalue weighted by Gasteiger charge is 2.50. The first-order chi connectivity index (χ1) is 12.2. The van der Waals surface area contributed by atoms with E-state index in [1.807, 2.05) is 0 Å². The van der Waals surface area contributed by atoms with E-state index >= 15 is 0 Å². The van der Waals surface area contributed by atoms with Crippen LogP contribution in [0, 0.1) is 0 Å². The molecule has 26 heavy (non-hydrogen) atoms. The van der Waals surface area contributed by atoms with Crippen LogP contribution in [0.3, 0.4) is 0 Å². The average molecular weight is 377 g/mol. The van der Waals surface area contributed by atoms with Gasteiger partial charge in [-0.05, 0) is 0 Å². The van der Waals surface area contributed by atoms with Gasteiger partial charge in [0, 0.05) is 6.42 Å². The molecule has 12 nitrogen and oxygen atoms in total. The smallest absolute Gasteiger partial charge is 0.323 e. The molecule has 1 saturated carbocycles. The number of ether oxygens (including phenoxy) is 1. The molecule has 0 bridgehead atoms. The molecule has 0 spiro atoms. The second-order valence-electron chi connectivity index (χ2n) is 6.27. The van der Waals surface area contributed by atoms with Crippen LogP contribution in [0.2, 0.25) is 0 Å². The first kappa shape index (κ1) is 20.5. The quantitative estimate of drug-likeness (QED) is 0.189. The van der Waals surface area contributed by atoms with Crippen LogP contribution in [-0.4, -0.2) is 106 Å². The molecule has 2 aliphatic rings. The molecule has 12 heteroatoms. The number of nitrogens with one attached hydrogen (secondary N) is 3. The molecule has 0 aromatic heterocycles. The zero-order valence-electron chi connectivity index (χ0n) is 13.7. The molecule has 2 rings (SSSR count). The van der Waals surface area contributed by atoms with Crippen molar-refractivity contribution in [1.82, 2.24) is 16.0 Å². The normalized spacial score (nSPS) is 37.3. The number of carbonyl (C=O) groups excluding carboxylic acids is 1. The highest BCUT2D eigenvalue weighted by atomic mass is 16.5. The van der Waals surface area contributed by atoms with Crippen molar-refractivity contribution in [1.29, 1.82) is 0 Å². The Morgan fingerprint density at radius 3 is 1.77 bits per heavy atom. The first-order valence-electron chi connectivity index (χ1n) is 8.09. The maximum absolute atomic E-state index is 11.6. The number of aliphatic hydroxyl groups excluding tert-OH is 3. The number of hydrogen-bond acceptors (Lipinski definition) is 10. The zero-order valence-corrected chi connectivity index (χ0v) is 13.7. The molecule has 0 aromatic rings. The van der Waals surface area contributed by atoms with Gasteiger partial charge in [-0.2, -0.15) is 0 Å². The number of aliphatic hydroxyl groups is 3. The van der Waals surface area contributed by atoms with Crippen LogP contribution in [-0.2, 0) is 19.1 Å². The highest BCUT2D eigenvalue weighted by Crippen LogP contribution is 2.23. The minimum atomic E-state index is -1.48. The minimum Gasteiger partial charge on any atom is -0.480 e. The fraction of sp³-hybridized carbons (Fsp3) is 0.786. The van der Waals surface area contributed by atoms with Gasteiger partial charge < -0.3 is 30.3 Å². The number of aliphatic carboxylic acids is 2. The summed E-state index contributed by atoms with van der Waals surface area (Å²) in [6, 6.07) is -4.28. The average Bonchev–Trinajstić information content (AvgIpc) is 2.95. The third-order valence-corrected chi connectivity index (χ3v) is 4.51. The lowest BCUT2D eigenvalue weighted by Crippen LogP contribution is -2.74. The molecule has 0 radical (unpaired) electrons. The highest BCUT2D eigenvalue weighted by molar-refractivity contribution is 5.77. The predicted octanol–water partition coefficient (Wildman–Crippen LogP) is -4.56. The van der Waals surface area contributed by atoms with Gasteiger partial charge in [-0.3, -0.25) is 30.3 Å². The first-order valence-corrected chi connectivity index (χ1v) is 8.09. The maximum Gasteiger partial charge on any atom is 0.323 e. The standard InChI is InChI=1S/C14H23N3O9/c18-6(19)3-15-8-11(22)9(16-4-7(20)21)13(24)10(12(8)23)17-5-1-2-26-14(5)25/h5,8-13,15-17,22-24H,1-4H2,(H,18,19)(H,20,21)/t5?,8-,9+,10?,11?,12-,13+. The van der Waals surface area contributed by atoms with Crippen molar-refractivity contribution in [3.8, 4) is 0 Å². The fourth-order valence-corrected chi connectivity index (χ4v) is 3.25. The number of carboxylic acids is 2.